The molecule has 1 atom stereocenters. The van der Waals surface area contributed by atoms with Gasteiger partial charge < -0.3 is 19.9 Å². The van der Waals surface area contributed by atoms with E-state index in [-0.39, 0.29) is 24.2 Å². The standard InChI is InChI=1S/C11H20N4O3/c1-5-11(2,6-7-16)15-8-12-9(17-3)14-10(13-8)18-4/h16H,5-7H2,1-4H3,(H,12,13,14,15). The quantitative estimate of drug-likeness (QED) is 0.747. The summed E-state index contributed by atoms with van der Waals surface area (Å²) < 4.78 is 9.95. The molecular weight excluding hydrogens is 236 g/mol. The Morgan fingerprint density at radius 2 is 1.72 bits per heavy atom. The van der Waals surface area contributed by atoms with Gasteiger partial charge in [-0.3, -0.25) is 0 Å². The predicted molar refractivity (Wildman–Crippen MR) is 67.0 cm³/mol. The largest absolute Gasteiger partial charge is 0.467 e. The first-order chi connectivity index (χ1) is 8.56. The van der Waals surface area contributed by atoms with Crippen LogP contribution in [0.4, 0.5) is 5.95 Å². The molecule has 18 heavy (non-hydrogen) atoms. The maximum Gasteiger partial charge on any atom is 0.324 e. The molecule has 0 amide bonds. The summed E-state index contributed by atoms with van der Waals surface area (Å²) in [5.41, 5.74) is -0.286. The molecule has 0 saturated heterocycles. The highest BCUT2D eigenvalue weighted by Gasteiger charge is 2.23. The molecule has 1 heterocycles. The van der Waals surface area contributed by atoms with Crippen LogP contribution < -0.4 is 14.8 Å². The van der Waals surface area contributed by atoms with Gasteiger partial charge in [-0.15, -0.1) is 4.98 Å². The van der Waals surface area contributed by atoms with E-state index < -0.39 is 0 Å². The summed E-state index contributed by atoms with van der Waals surface area (Å²) in [7, 11) is 2.95. The Bertz CT molecular complexity index is 366. The van der Waals surface area contributed by atoms with E-state index in [0.717, 1.165) is 6.42 Å². The molecule has 0 saturated carbocycles. The Balaban J connectivity index is 2.94. The van der Waals surface area contributed by atoms with Gasteiger partial charge in [0.1, 0.15) is 0 Å². The first-order valence-electron chi connectivity index (χ1n) is 5.80. The number of hydrogen-bond donors (Lipinski definition) is 2. The van der Waals surface area contributed by atoms with Crippen LogP contribution in [0.5, 0.6) is 12.0 Å². The number of aromatic nitrogens is 3. The summed E-state index contributed by atoms with van der Waals surface area (Å²) >= 11 is 0. The summed E-state index contributed by atoms with van der Waals surface area (Å²) in [6, 6.07) is 0.374. The highest BCUT2D eigenvalue weighted by molar-refractivity contribution is 5.31. The Labute approximate surface area is 107 Å². The van der Waals surface area contributed by atoms with Crippen LogP contribution in [-0.2, 0) is 0 Å². The summed E-state index contributed by atoms with van der Waals surface area (Å²) in [5.74, 6) is 0.372. The highest BCUT2D eigenvalue weighted by atomic mass is 16.5. The zero-order chi connectivity index (χ0) is 13.6. The molecule has 1 unspecified atom stereocenters. The van der Waals surface area contributed by atoms with Crippen molar-refractivity contribution in [3.05, 3.63) is 0 Å². The van der Waals surface area contributed by atoms with Gasteiger partial charge in [-0.2, -0.15) is 9.97 Å². The van der Waals surface area contributed by atoms with Crippen LogP contribution in [-0.4, -0.2) is 46.4 Å². The maximum atomic E-state index is 9.07. The van der Waals surface area contributed by atoms with Gasteiger partial charge in [-0.05, 0) is 19.8 Å². The molecule has 1 rings (SSSR count). The molecule has 1 aromatic rings. The van der Waals surface area contributed by atoms with Crippen LogP contribution in [0, 0.1) is 0 Å². The van der Waals surface area contributed by atoms with E-state index in [4.69, 9.17) is 14.6 Å². The molecule has 0 aliphatic heterocycles. The van der Waals surface area contributed by atoms with Crippen molar-refractivity contribution in [1.82, 2.24) is 15.0 Å². The second kappa shape index (κ2) is 6.34. The number of hydrogen-bond acceptors (Lipinski definition) is 7. The van der Waals surface area contributed by atoms with Gasteiger partial charge in [-0.1, -0.05) is 6.92 Å². The lowest BCUT2D eigenvalue weighted by atomic mass is 9.95. The lowest BCUT2D eigenvalue weighted by molar-refractivity contribution is 0.251. The number of anilines is 1. The maximum absolute atomic E-state index is 9.07. The smallest absolute Gasteiger partial charge is 0.324 e. The van der Waals surface area contributed by atoms with Crippen LogP contribution in [0.2, 0.25) is 0 Å². The first kappa shape index (κ1) is 14.4. The van der Waals surface area contributed by atoms with Crippen molar-refractivity contribution in [2.75, 3.05) is 26.1 Å². The number of aliphatic hydroxyl groups excluding tert-OH is 1. The third kappa shape index (κ3) is 3.69. The number of rotatable bonds is 7. The van der Waals surface area contributed by atoms with E-state index >= 15 is 0 Å². The number of methoxy groups -OCH3 is 2. The third-order valence-electron chi connectivity index (χ3n) is 2.82. The van der Waals surface area contributed by atoms with Crippen molar-refractivity contribution >= 4 is 5.95 Å². The molecule has 7 heteroatoms. The van der Waals surface area contributed by atoms with Gasteiger partial charge in [0.25, 0.3) is 0 Å². The molecule has 102 valence electrons. The third-order valence-corrected chi connectivity index (χ3v) is 2.82. The van der Waals surface area contributed by atoms with E-state index in [1.54, 1.807) is 0 Å². The fourth-order valence-electron chi connectivity index (χ4n) is 1.42. The van der Waals surface area contributed by atoms with Crippen molar-refractivity contribution in [2.45, 2.75) is 32.2 Å². The second-order valence-corrected chi connectivity index (χ2v) is 4.15. The van der Waals surface area contributed by atoms with Gasteiger partial charge in [0.15, 0.2) is 0 Å². The molecule has 0 bridgehead atoms. The normalized spacial score (nSPS) is 13.8. The minimum absolute atomic E-state index is 0.0939. The summed E-state index contributed by atoms with van der Waals surface area (Å²) in [6.07, 6.45) is 1.42. The zero-order valence-electron chi connectivity index (χ0n) is 11.2. The van der Waals surface area contributed by atoms with Crippen LogP contribution in [0.25, 0.3) is 0 Å². The molecule has 2 N–H and O–H groups in total. The van der Waals surface area contributed by atoms with Crippen molar-refractivity contribution in [1.29, 1.82) is 0 Å². The van der Waals surface area contributed by atoms with E-state index in [1.165, 1.54) is 14.2 Å². The van der Waals surface area contributed by atoms with Crippen LogP contribution in [0.3, 0.4) is 0 Å². The predicted octanol–water partition coefficient (Wildman–Crippen LogP) is 0.852. The van der Waals surface area contributed by atoms with Gasteiger partial charge >= 0.3 is 12.0 Å². The molecule has 0 aromatic carbocycles. The summed E-state index contributed by atoms with van der Waals surface area (Å²) in [6.45, 7) is 4.11. The van der Waals surface area contributed by atoms with Gasteiger partial charge in [0, 0.05) is 12.1 Å². The lowest BCUT2D eigenvalue weighted by Gasteiger charge is -2.28. The van der Waals surface area contributed by atoms with Crippen molar-refractivity contribution < 1.29 is 14.6 Å². The van der Waals surface area contributed by atoms with Gasteiger partial charge in [0.05, 0.1) is 14.2 Å². The fourth-order valence-corrected chi connectivity index (χ4v) is 1.42. The molecule has 7 nitrogen and oxygen atoms in total. The fraction of sp³-hybridized carbons (Fsp3) is 0.727. The Hall–Kier alpha value is -1.63. The van der Waals surface area contributed by atoms with Gasteiger partial charge in [-0.25, -0.2) is 0 Å². The molecule has 0 radical (unpaired) electrons. The highest BCUT2D eigenvalue weighted by Crippen LogP contribution is 2.21. The van der Waals surface area contributed by atoms with Crippen molar-refractivity contribution in [2.24, 2.45) is 0 Å². The van der Waals surface area contributed by atoms with E-state index in [2.05, 4.69) is 20.3 Å². The molecule has 1 aromatic heterocycles. The minimum atomic E-state index is -0.286. The van der Waals surface area contributed by atoms with E-state index in [9.17, 15) is 0 Å². The summed E-state index contributed by atoms with van der Waals surface area (Å²) in [5, 5.41) is 12.2. The Kier molecular flexibility index (Phi) is 5.08. The Morgan fingerprint density at radius 3 is 2.11 bits per heavy atom. The lowest BCUT2D eigenvalue weighted by Crippen LogP contribution is -2.35. The zero-order valence-corrected chi connectivity index (χ0v) is 11.2. The molecule has 0 fully saturated rings. The summed E-state index contributed by atoms with van der Waals surface area (Å²) in [4.78, 5) is 12.1. The monoisotopic (exact) mass is 256 g/mol. The van der Waals surface area contributed by atoms with Gasteiger partial charge in [0.2, 0.25) is 5.95 Å². The average molecular weight is 256 g/mol. The van der Waals surface area contributed by atoms with Crippen molar-refractivity contribution in [3.63, 3.8) is 0 Å². The molecular formula is C11H20N4O3. The minimum Gasteiger partial charge on any atom is -0.467 e. The SMILES string of the molecule is CCC(C)(CCO)Nc1nc(OC)nc(OC)n1. The number of aliphatic hydroxyl groups is 1. The average Bonchev–Trinajstić information content (AvgIpc) is 2.38. The van der Waals surface area contributed by atoms with Crippen LogP contribution in [0.15, 0.2) is 0 Å². The first-order valence-corrected chi connectivity index (χ1v) is 5.80. The van der Waals surface area contributed by atoms with E-state index in [1.807, 2.05) is 13.8 Å². The topological polar surface area (TPSA) is 89.4 Å². The van der Waals surface area contributed by atoms with Crippen LogP contribution in [0.1, 0.15) is 26.7 Å². The van der Waals surface area contributed by atoms with Crippen LogP contribution >= 0.6 is 0 Å². The number of nitrogens with zero attached hydrogens (tertiary/aromatic N) is 3. The molecule has 0 spiro atoms. The molecule has 0 aliphatic rings. The van der Waals surface area contributed by atoms with E-state index in [0.29, 0.717) is 12.4 Å². The second-order valence-electron chi connectivity index (χ2n) is 4.15. The number of ether oxygens (including phenoxy) is 2. The Morgan fingerprint density at radius 1 is 1.17 bits per heavy atom. The number of nitrogens with one attached hydrogen (secondary N) is 1. The molecule has 0 aliphatic carbocycles. The van der Waals surface area contributed by atoms with Crippen molar-refractivity contribution in [3.8, 4) is 12.0 Å².